The lowest BCUT2D eigenvalue weighted by Gasteiger charge is -2.39. The lowest BCUT2D eigenvalue weighted by Crippen LogP contribution is -2.60. The minimum atomic E-state index is -1.81. The Morgan fingerprint density at radius 3 is 2.36 bits per heavy atom. The molecule has 2 heterocycles. The summed E-state index contributed by atoms with van der Waals surface area (Å²) in [4.78, 5) is 12.2. The molecule has 0 aromatic carbocycles. The molecule has 16 heteroatoms. The first kappa shape index (κ1) is 29.5. The van der Waals surface area contributed by atoms with Gasteiger partial charge in [-0.1, -0.05) is 0 Å². The Morgan fingerprint density at radius 1 is 1.03 bits per heavy atom. The van der Waals surface area contributed by atoms with Gasteiger partial charge in [0.25, 0.3) is 5.91 Å². The molecule has 2 saturated heterocycles. The van der Waals surface area contributed by atoms with Crippen molar-refractivity contribution < 1.29 is 59.5 Å². The lowest BCUT2D eigenvalue weighted by molar-refractivity contribution is -0.256. The predicted octanol–water partition coefficient (Wildman–Crippen LogP) is -7.11. The van der Waals surface area contributed by atoms with Gasteiger partial charge in [-0.2, -0.15) is 0 Å². The zero-order valence-electron chi connectivity index (χ0n) is 19.5. The molecule has 2 aliphatic heterocycles. The van der Waals surface area contributed by atoms with Crippen molar-refractivity contribution in [1.29, 1.82) is 0 Å². The highest BCUT2D eigenvalue weighted by Gasteiger charge is 2.50. The third-order valence-corrected chi connectivity index (χ3v) is 6.69. The Hall–Kier alpha value is -1.09. The van der Waals surface area contributed by atoms with Gasteiger partial charge in [0.1, 0.15) is 42.7 Å². The first-order chi connectivity index (χ1) is 17.0. The Balaban J connectivity index is 1.63. The smallest absolute Gasteiger partial charge is 0.251 e. The highest BCUT2D eigenvalue weighted by atomic mass is 16.7. The summed E-state index contributed by atoms with van der Waals surface area (Å²) in [5.41, 5.74) is 17.1. The molecular weight excluding hydrogens is 488 g/mol. The molecule has 36 heavy (non-hydrogen) atoms. The first-order valence-corrected chi connectivity index (χ1v) is 11.8. The van der Waals surface area contributed by atoms with Crippen LogP contribution in [0.2, 0.25) is 0 Å². The summed E-state index contributed by atoms with van der Waals surface area (Å²) < 4.78 is 22.3. The quantitative estimate of drug-likeness (QED) is 0.133. The molecule has 1 saturated carbocycles. The van der Waals surface area contributed by atoms with Crippen LogP contribution in [-0.4, -0.2) is 147 Å². The lowest BCUT2D eigenvalue weighted by atomic mass is 9.86. The molecule has 3 fully saturated rings. The van der Waals surface area contributed by atoms with Gasteiger partial charge in [0.05, 0.1) is 31.4 Å². The average Bonchev–Trinajstić information content (AvgIpc) is 3.15. The molecule has 14 unspecified atom stereocenters. The van der Waals surface area contributed by atoms with Crippen LogP contribution in [0, 0.1) is 0 Å². The van der Waals surface area contributed by atoms with Crippen molar-refractivity contribution in [2.45, 2.75) is 98.5 Å². The molecule has 0 spiro atoms. The van der Waals surface area contributed by atoms with Crippen LogP contribution in [-0.2, 0) is 23.7 Å². The average molecular weight is 527 g/mol. The van der Waals surface area contributed by atoms with Crippen LogP contribution >= 0.6 is 0 Å². The van der Waals surface area contributed by atoms with Gasteiger partial charge < -0.3 is 77.2 Å². The molecule has 3 aliphatic rings. The Morgan fingerprint density at radius 2 is 1.72 bits per heavy atom. The molecule has 1 aliphatic carbocycles. The highest BCUT2D eigenvalue weighted by molar-refractivity contribution is 5.81. The maximum atomic E-state index is 12.2. The van der Waals surface area contributed by atoms with Crippen LogP contribution in [0.25, 0.3) is 0 Å². The van der Waals surface area contributed by atoms with Crippen molar-refractivity contribution >= 4 is 5.91 Å². The highest BCUT2D eigenvalue weighted by Crippen LogP contribution is 2.31. The second-order valence-corrected chi connectivity index (χ2v) is 9.41. The molecule has 14 N–H and O–H groups in total. The van der Waals surface area contributed by atoms with E-state index in [0.29, 0.717) is 0 Å². The van der Waals surface area contributed by atoms with Crippen molar-refractivity contribution in [1.82, 2.24) is 5.32 Å². The maximum absolute atomic E-state index is 12.2. The van der Waals surface area contributed by atoms with Gasteiger partial charge in [-0.15, -0.1) is 0 Å². The van der Waals surface area contributed by atoms with E-state index in [0.717, 1.165) is 0 Å². The van der Waals surface area contributed by atoms with Gasteiger partial charge in [0, 0.05) is 12.6 Å². The minimum Gasteiger partial charge on any atom is -0.394 e. The van der Waals surface area contributed by atoms with E-state index in [1.165, 1.54) is 0 Å². The number of aliphatic hydroxyl groups excluding tert-OH is 7. The Kier molecular flexibility index (Phi) is 10.3. The fourth-order valence-corrected chi connectivity index (χ4v) is 4.52. The van der Waals surface area contributed by atoms with E-state index in [4.69, 9.17) is 36.1 Å². The number of hydrogen-bond acceptors (Lipinski definition) is 15. The monoisotopic (exact) mass is 526 g/mol. The molecule has 14 atom stereocenters. The number of carbonyl (C=O) groups is 1. The number of aliphatic hydroxyl groups is 7. The van der Waals surface area contributed by atoms with Crippen LogP contribution in [0.5, 0.6) is 0 Å². The first-order valence-electron chi connectivity index (χ1n) is 11.8. The standard InChI is InChI=1S/C20H38N4O12/c21-3-8(26)15(30)18(32)24-7-1-6(22)2-10(13(7)28)34-20-16(31)17(11(4-25)35-20)36-19-12(23)14(29)9(27)5-33-19/h6-17,19-20,25-31H,1-5,21-23H2,(H,24,32). The summed E-state index contributed by atoms with van der Waals surface area (Å²) in [6.45, 7) is -1.19. The van der Waals surface area contributed by atoms with Gasteiger partial charge in [-0.05, 0) is 12.8 Å². The van der Waals surface area contributed by atoms with Crippen molar-refractivity contribution in [3.8, 4) is 0 Å². The van der Waals surface area contributed by atoms with Crippen LogP contribution in [0.3, 0.4) is 0 Å². The van der Waals surface area contributed by atoms with Gasteiger partial charge in [0.2, 0.25) is 0 Å². The van der Waals surface area contributed by atoms with Crippen LogP contribution in [0.15, 0.2) is 0 Å². The van der Waals surface area contributed by atoms with Crippen molar-refractivity contribution in [2.75, 3.05) is 19.8 Å². The molecule has 1 amide bonds. The van der Waals surface area contributed by atoms with E-state index in [1.54, 1.807) is 0 Å². The summed E-state index contributed by atoms with van der Waals surface area (Å²) in [6, 6.07) is -2.64. The molecule has 0 aromatic heterocycles. The summed E-state index contributed by atoms with van der Waals surface area (Å²) in [5, 5.41) is 72.8. The van der Waals surface area contributed by atoms with E-state index in [1.807, 2.05) is 0 Å². The molecule has 210 valence electrons. The van der Waals surface area contributed by atoms with E-state index in [2.05, 4.69) is 5.32 Å². The Labute approximate surface area is 206 Å². The fourth-order valence-electron chi connectivity index (χ4n) is 4.52. The third kappa shape index (κ3) is 6.48. The van der Waals surface area contributed by atoms with E-state index < -0.39 is 98.2 Å². The summed E-state index contributed by atoms with van der Waals surface area (Å²) in [6.07, 6.45) is -14.3. The summed E-state index contributed by atoms with van der Waals surface area (Å²) >= 11 is 0. The maximum Gasteiger partial charge on any atom is 0.251 e. The second kappa shape index (κ2) is 12.6. The van der Waals surface area contributed by atoms with Gasteiger partial charge in [-0.3, -0.25) is 4.79 Å². The number of amides is 1. The number of nitrogens with two attached hydrogens (primary N) is 3. The third-order valence-electron chi connectivity index (χ3n) is 6.69. The van der Waals surface area contributed by atoms with E-state index >= 15 is 0 Å². The van der Waals surface area contributed by atoms with Crippen LogP contribution in [0.1, 0.15) is 12.8 Å². The van der Waals surface area contributed by atoms with Crippen LogP contribution in [0.4, 0.5) is 0 Å². The molecule has 16 nitrogen and oxygen atoms in total. The zero-order chi connectivity index (χ0) is 26.7. The van der Waals surface area contributed by atoms with Crippen molar-refractivity contribution in [3.05, 3.63) is 0 Å². The van der Waals surface area contributed by atoms with Gasteiger partial charge >= 0.3 is 0 Å². The summed E-state index contributed by atoms with van der Waals surface area (Å²) in [7, 11) is 0. The fraction of sp³-hybridized carbons (Fsp3) is 0.950. The number of nitrogens with one attached hydrogen (secondary N) is 1. The zero-order valence-corrected chi connectivity index (χ0v) is 19.5. The normalized spacial score (nSPS) is 45.3. The number of carbonyl (C=O) groups excluding carboxylic acids is 1. The molecule has 0 radical (unpaired) electrons. The predicted molar refractivity (Wildman–Crippen MR) is 117 cm³/mol. The van der Waals surface area contributed by atoms with E-state index in [9.17, 15) is 40.5 Å². The Bertz CT molecular complexity index is 724. The van der Waals surface area contributed by atoms with Crippen molar-refractivity contribution in [2.24, 2.45) is 17.2 Å². The SMILES string of the molecule is NCC(O)C(O)C(=O)NC1CC(N)CC(OC2OC(CO)C(OC3OCC(O)C(O)C3N)C2O)C1O. The number of rotatable bonds is 9. The second-order valence-electron chi connectivity index (χ2n) is 9.41. The van der Waals surface area contributed by atoms with Gasteiger partial charge in [-0.25, -0.2) is 0 Å². The topological polar surface area (TPSA) is 286 Å². The molecule has 0 aromatic rings. The van der Waals surface area contributed by atoms with Crippen LogP contribution < -0.4 is 22.5 Å². The van der Waals surface area contributed by atoms with E-state index in [-0.39, 0.29) is 26.0 Å². The number of hydrogen-bond donors (Lipinski definition) is 11. The molecular formula is C20H38N4O12. The molecule has 0 bridgehead atoms. The minimum absolute atomic E-state index is 0.129. The summed E-state index contributed by atoms with van der Waals surface area (Å²) in [5.74, 6) is -0.952. The largest absolute Gasteiger partial charge is 0.394 e. The molecule has 3 rings (SSSR count). The van der Waals surface area contributed by atoms with Gasteiger partial charge in [0.15, 0.2) is 18.7 Å². The van der Waals surface area contributed by atoms with Crippen molar-refractivity contribution in [3.63, 3.8) is 0 Å². The number of ether oxygens (including phenoxy) is 4.